The number of rotatable bonds is 3. The number of alkyl halides is 1. The van der Waals surface area contributed by atoms with Crippen molar-refractivity contribution in [1.29, 1.82) is 0 Å². The molecule has 0 aliphatic carbocycles. The van der Waals surface area contributed by atoms with Crippen molar-refractivity contribution < 1.29 is 0 Å². The molecule has 0 aliphatic rings. The van der Waals surface area contributed by atoms with Crippen LogP contribution in [0.1, 0.15) is 13.8 Å². The number of hydrogen-bond donors (Lipinski definition) is 0. The van der Waals surface area contributed by atoms with Crippen LogP contribution in [0.15, 0.2) is 36.0 Å². The minimum absolute atomic E-state index is 0.875. The molecule has 0 unspecified atom stereocenters. The molecule has 0 heterocycles. The summed E-state index contributed by atoms with van der Waals surface area (Å²) in [6, 6.07) is 0. The summed E-state index contributed by atoms with van der Waals surface area (Å²) in [6.07, 6.45) is 6.00. The van der Waals surface area contributed by atoms with E-state index in [9.17, 15) is 0 Å². The molecule has 0 nitrogen and oxygen atoms in total. The molecule has 0 rings (SSSR count). The molecule has 56 valence electrons. The molecule has 0 fully saturated rings. The average molecular weight is 201 g/mol. The number of halogens is 1. The van der Waals surface area contributed by atoms with Gasteiger partial charge in [-0.3, -0.25) is 0 Å². The molecular weight excluding hydrogens is 188 g/mol. The predicted molar refractivity (Wildman–Crippen MR) is 51.5 cm³/mol. The molecule has 0 atom stereocenters. The first-order chi connectivity index (χ1) is 4.70. The Balaban J connectivity index is 4.12. The molecule has 0 aromatic carbocycles. The Bertz CT molecular complexity index is 160. The molecule has 0 bridgehead atoms. The molecule has 0 amide bonds. The highest BCUT2D eigenvalue weighted by atomic mass is 79.9. The third-order valence-corrected chi connectivity index (χ3v) is 1.69. The minimum Gasteiger partial charge on any atom is -0.0988 e. The Hall–Kier alpha value is -0.300. The molecule has 0 radical (unpaired) electrons. The summed E-state index contributed by atoms with van der Waals surface area (Å²) in [5.41, 5.74) is 2.52. The SMILES string of the molecule is C=C/C(=C\C=C(C)C)CBr. The second-order valence-corrected chi connectivity index (χ2v) is 2.88. The molecule has 0 N–H and O–H groups in total. The van der Waals surface area contributed by atoms with Gasteiger partial charge >= 0.3 is 0 Å². The van der Waals surface area contributed by atoms with Crippen LogP contribution < -0.4 is 0 Å². The van der Waals surface area contributed by atoms with Gasteiger partial charge in [0.05, 0.1) is 0 Å². The van der Waals surface area contributed by atoms with Gasteiger partial charge in [0.2, 0.25) is 0 Å². The maximum Gasteiger partial charge on any atom is 0.0282 e. The molecule has 0 spiro atoms. The summed E-state index contributed by atoms with van der Waals surface area (Å²) in [7, 11) is 0. The van der Waals surface area contributed by atoms with Crippen molar-refractivity contribution in [3.05, 3.63) is 36.0 Å². The van der Waals surface area contributed by atoms with Crippen molar-refractivity contribution >= 4 is 15.9 Å². The summed E-state index contributed by atoms with van der Waals surface area (Å²) in [5.74, 6) is 0. The van der Waals surface area contributed by atoms with Gasteiger partial charge < -0.3 is 0 Å². The fraction of sp³-hybridized carbons (Fsp3) is 0.333. The van der Waals surface area contributed by atoms with Gasteiger partial charge in [-0.25, -0.2) is 0 Å². The Kier molecular flexibility index (Phi) is 5.32. The molecular formula is C9H13Br. The van der Waals surface area contributed by atoms with Crippen LogP contribution in [0, 0.1) is 0 Å². The quantitative estimate of drug-likeness (QED) is 0.484. The molecule has 0 aromatic rings. The Morgan fingerprint density at radius 1 is 1.40 bits per heavy atom. The topological polar surface area (TPSA) is 0 Å². The summed E-state index contributed by atoms with van der Waals surface area (Å²) in [4.78, 5) is 0. The van der Waals surface area contributed by atoms with Crippen molar-refractivity contribution in [2.24, 2.45) is 0 Å². The van der Waals surface area contributed by atoms with Crippen LogP contribution in [-0.4, -0.2) is 5.33 Å². The molecule has 0 saturated carbocycles. The van der Waals surface area contributed by atoms with E-state index in [1.54, 1.807) is 0 Å². The minimum atomic E-state index is 0.875. The van der Waals surface area contributed by atoms with Gasteiger partial charge in [-0.2, -0.15) is 0 Å². The first kappa shape index (κ1) is 9.70. The lowest BCUT2D eigenvalue weighted by molar-refractivity contribution is 1.38. The van der Waals surface area contributed by atoms with Gasteiger partial charge in [0, 0.05) is 5.33 Å². The predicted octanol–water partition coefficient (Wildman–Crippen LogP) is 3.46. The summed E-state index contributed by atoms with van der Waals surface area (Å²) >= 11 is 3.36. The van der Waals surface area contributed by atoms with E-state index in [1.807, 2.05) is 6.08 Å². The van der Waals surface area contributed by atoms with Crippen molar-refractivity contribution in [3.8, 4) is 0 Å². The van der Waals surface area contributed by atoms with E-state index in [4.69, 9.17) is 0 Å². The Morgan fingerprint density at radius 3 is 2.30 bits per heavy atom. The maximum atomic E-state index is 3.68. The normalized spacial score (nSPS) is 10.9. The zero-order valence-electron chi connectivity index (χ0n) is 6.52. The van der Waals surface area contributed by atoms with Gasteiger partial charge in [-0.1, -0.05) is 46.3 Å². The van der Waals surface area contributed by atoms with Gasteiger partial charge in [-0.15, -0.1) is 0 Å². The highest BCUT2D eigenvalue weighted by Gasteiger charge is 1.83. The lowest BCUT2D eigenvalue weighted by Gasteiger charge is -1.90. The highest BCUT2D eigenvalue weighted by molar-refractivity contribution is 9.09. The van der Waals surface area contributed by atoms with Crippen molar-refractivity contribution in [1.82, 2.24) is 0 Å². The smallest absolute Gasteiger partial charge is 0.0282 e. The second kappa shape index (κ2) is 5.48. The first-order valence-electron chi connectivity index (χ1n) is 3.23. The van der Waals surface area contributed by atoms with E-state index in [1.165, 1.54) is 11.1 Å². The lowest BCUT2D eigenvalue weighted by Crippen LogP contribution is -1.75. The van der Waals surface area contributed by atoms with Crippen LogP contribution in [-0.2, 0) is 0 Å². The van der Waals surface area contributed by atoms with E-state index >= 15 is 0 Å². The fourth-order valence-electron chi connectivity index (χ4n) is 0.441. The van der Waals surface area contributed by atoms with E-state index in [0.29, 0.717) is 0 Å². The Morgan fingerprint density at radius 2 is 2.00 bits per heavy atom. The van der Waals surface area contributed by atoms with Crippen LogP contribution in [0.5, 0.6) is 0 Å². The largest absolute Gasteiger partial charge is 0.0988 e. The highest BCUT2D eigenvalue weighted by Crippen LogP contribution is 2.02. The molecule has 0 aromatic heterocycles. The van der Waals surface area contributed by atoms with Gasteiger partial charge in [0.1, 0.15) is 0 Å². The van der Waals surface area contributed by atoms with Crippen LogP contribution in [0.25, 0.3) is 0 Å². The van der Waals surface area contributed by atoms with E-state index in [0.717, 1.165) is 5.33 Å². The second-order valence-electron chi connectivity index (χ2n) is 2.32. The summed E-state index contributed by atoms with van der Waals surface area (Å²) in [5, 5.41) is 0.875. The van der Waals surface area contributed by atoms with Crippen LogP contribution in [0.4, 0.5) is 0 Å². The third-order valence-electron chi connectivity index (χ3n) is 1.05. The molecule has 10 heavy (non-hydrogen) atoms. The van der Waals surface area contributed by atoms with Crippen LogP contribution in [0.3, 0.4) is 0 Å². The van der Waals surface area contributed by atoms with Crippen molar-refractivity contribution in [2.45, 2.75) is 13.8 Å². The van der Waals surface area contributed by atoms with Gasteiger partial charge in [0.15, 0.2) is 0 Å². The van der Waals surface area contributed by atoms with Crippen LogP contribution in [0.2, 0.25) is 0 Å². The zero-order chi connectivity index (χ0) is 7.98. The summed E-state index contributed by atoms with van der Waals surface area (Å²) in [6.45, 7) is 7.83. The molecule has 1 heteroatoms. The standard InChI is InChI=1S/C9H13Br/c1-4-9(7-10)6-5-8(2)3/h4-6H,1,7H2,2-3H3/b9-6+. The number of allylic oxidation sites excluding steroid dienone is 5. The van der Waals surface area contributed by atoms with Gasteiger partial charge in [0.25, 0.3) is 0 Å². The fourth-order valence-corrected chi connectivity index (χ4v) is 0.857. The van der Waals surface area contributed by atoms with E-state index in [2.05, 4.69) is 48.5 Å². The zero-order valence-corrected chi connectivity index (χ0v) is 8.11. The molecule has 0 aliphatic heterocycles. The summed E-state index contributed by atoms with van der Waals surface area (Å²) < 4.78 is 0. The van der Waals surface area contributed by atoms with Crippen LogP contribution >= 0.6 is 15.9 Å². The maximum absolute atomic E-state index is 3.68. The number of hydrogen-bond acceptors (Lipinski definition) is 0. The van der Waals surface area contributed by atoms with Crippen molar-refractivity contribution in [2.75, 3.05) is 5.33 Å². The van der Waals surface area contributed by atoms with Gasteiger partial charge in [-0.05, 0) is 19.4 Å². The first-order valence-corrected chi connectivity index (χ1v) is 4.35. The average Bonchev–Trinajstić information content (AvgIpc) is 1.90. The lowest BCUT2D eigenvalue weighted by atomic mass is 10.2. The van der Waals surface area contributed by atoms with Crippen molar-refractivity contribution in [3.63, 3.8) is 0 Å². The third kappa shape index (κ3) is 4.57. The van der Waals surface area contributed by atoms with E-state index in [-0.39, 0.29) is 0 Å². The monoisotopic (exact) mass is 200 g/mol. The molecule has 0 saturated heterocycles. The Labute approximate surface area is 71.5 Å². The van der Waals surface area contributed by atoms with E-state index < -0.39 is 0 Å².